The summed E-state index contributed by atoms with van der Waals surface area (Å²) in [6.45, 7) is 3.01. The SMILES string of the molecule is COc1cccc(OCCN(C)C2(C(=O)N[C@@H](C)c3ccc(C(=O)O)cc3)CCCCC2)c1.Cl. The zero-order valence-electron chi connectivity index (χ0n) is 20.1. The molecule has 3 rings (SSSR count). The van der Waals surface area contributed by atoms with Crippen LogP contribution >= 0.6 is 12.4 Å². The Labute approximate surface area is 207 Å². The molecule has 2 aromatic rings. The molecule has 0 spiro atoms. The molecule has 0 saturated heterocycles. The molecule has 0 aliphatic heterocycles. The second-order valence-corrected chi connectivity index (χ2v) is 8.66. The van der Waals surface area contributed by atoms with E-state index in [2.05, 4.69) is 10.2 Å². The molecule has 1 saturated carbocycles. The predicted octanol–water partition coefficient (Wildman–Crippen LogP) is 4.71. The van der Waals surface area contributed by atoms with Gasteiger partial charge in [-0.25, -0.2) is 4.79 Å². The maximum absolute atomic E-state index is 13.5. The number of benzene rings is 2. The van der Waals surface area contributed by atoms with Crippen molar-refractivity contribution in [2.24, 2.45) is 0 Å². The highest BCUT2D eigenvalue weighted by Crippen LogP contribution is 2.34. The van der Waals surface area contributed by atoms with Crippen molar-refractivity contribution >= 4 is 24.3 Å². The van der Waals surface area contributed by atoms with Gasteiger partial charge in [-0.1, -0.05) is 37.5 Å². The van der Waals surface area contributed by atoms with Crippen LogP contribution in [0.1, 0.15) is 61.0 Å². The van der Waals surface area contributed by atoms with Gasteiger partial charge in [0.1, 0.15) is 23.6 Å². The van der Waals surface area contributed by atoms with Crippen molar-refractivity contribution in [2.45, 2.75) is 50.6 Å². The highest BCUT2D eigenvalue weighted by Gasteiger charge is 2.43. The van der Waals surface area contributed by atoms with Gasteiger partial charge < -0.3 is 19.9 Å². The number of carboxylic acids is 1. The summed E-state index contributed by atoms with van der Waals surface area (Å²) in [6.07, 6.45) is 4.76. The normalized spacial score (nSPS) is 15.6. The Morgan fingerprint density at radius 3 is 2.35 bits per heavy atom. The summed E-state index contributed by atoms with van der Waals surface area (Å²) >= 11 is 0. The number of carbonyl (C=O) groups is 2. The number of nitrogens with zero attached hydrogens (tertiary/aromatic N) is 1. The first-order valence-electron chi connectivity index (χ1n) is 11.5. The van der Waals surface area contributed by atoms with E-state index in [1.165, 1.54) is 0 Å². The van der Waals surface area contributed by atoms with Gasteiger partial charge in [-0.3, -0.25) is 9.69 Å². The smallest absolute Gasteiger partial charge is 0.335 e. The summed E-state index contributed by atoms with van der Waals surface area (Å²) in [7, 11) is 3.62. The van der Waals surface area contributed by atoms with E-state index in [0.29, 0.717) is 13.2 Å². The van der Waals surface area contributed by atoms with Crippen molar-refractivity contribution in [3.05, 3.63) is 59.7 Å². The van der Waals surface area contributed by atoms with Crippen LogP contribution in [-0.4, -0.2) is 54.7 Å². The van der Waals surface area contributed by atoms with Crippen molar-refractivity contribution < 1.29 is 24.2 Å². The van der Waals surface area contributed by atoms with Gasteiger partial charge in [0.25, 0.3) is 0 Å². The highest BCUT2D eigenvalue weighted by atomic mass is 35.5. The van der Waals surface area contributed by atoms with Gasteiger partial charge in [0.15, 0.2) is 0 Å². The average molecular weight is 491 g/mol. The Morgan fingerprint density at radius 1 is 1.09 bits per heavy atom. The molecule has 186 valence electrons. The van der Waals surface area contributed by atoms with Crippen LogP contribution in [0.2, 0.25) is 0 Å². The summed E-state index contributed by atoms with van der Waals surface area (Å²) < 4.78 is 11.2. The lowest BCUT2D eigenvalue weighted by molar-refractivity contribution is -0.136. The lowest BCUT2D eigenvalue weighted by atomic mass is 9.79. The predicted molar refractivity (Wildman–Crippen MR) is 134 cm³/mol. The number of hydrogen-bond donors (Lipinski definition) is 2. The van der Waals surface area contributed by atoms with E-state index in [9.17, 15) is 9.59 Å². The van der Waals surface area contributed by atoms with E-state index in [0.717, 1.165) is 49.2 Å². The number of methoxy groups -OCH3 is 1. The molecule has 0 unspecified atom stereocenters. The summed E-state index contributed by atoms with van der Waals surface area (Å²) in [5.41, 5.74) is 0.533. The lowest BCUT2D eigenvalue weighted by Gasteiger charge is -2.43. The van der Waals surface area contributed by atoms with Gasteiger partial charge in [-0.2, -0.15) is 0 Å². The molecule has 0 bridgehead atoms. The molecular formula is C26H35ClN2O5. The first-order chi connectivity index (χ1) is 15.9. The van der Waals surface area contributed by atoms with Crippen LogP contribution in [0.25, 0.3) is 0 Å². The average Bonchev–Trinajstić information content (AvgIpc) is 2.84. The number of rotatable bonds is 10. The number of halogens is 1. The van der Waals surface area contributed by atoms with Crippen LogP contribution in [0.3, 0.4) is 0 Å². The fourth-order valence-electron chi connectivity index (χ4n) is 4.45. The topological polar surface area (TPSA) is 88.1 Å². The van der Waals surface area contributed by atoms with E-state index in [1.807, 2.05) is 38.2 Å². The minimum atomic E-state index is -0.961. The lowest BCUT2D eigenvalue weighted by Crippen LogP contribution is -2.59. The monoisotopic (exact) mass is 490 g/mol. The van der Waals surface area contributed by atoms with Crippen LogP contribution in [0.5, 0.6) is 11.5 Å². The number of carbonyl (C=O) groups excluding carboxylic acids is 1. The third-order valence-corrected chi connectivity index (χ3v) is 6.58. The minimum Gasteiger partial charge on any atom is -0.497 e. The van der Waals surface area contributed by atoms with Crippen molar-refractivity contribution in [3.8, 4) is 11.5 Å². The van der Waals surface area contributed by atoms with Gasteiger partial charge in [0.2, 0.25) is 5.91 Å². The van der Waals surface area contributed by atoms with Crippen molar-refractivity contribution in [2.75, 3.05) is 27.3 Å². The number of nitrogens with one attached hydrogen (secondary N) is 1. The zero-order chi connectivity index (χ0) is 23.8. The molecule has 0 heterocycles. The fraction of sp³-hybridized carbons (Fsp3) is 0.462. The van der Waals surface area contributed by atoms with Gasteiger partial charge in [-0.15, -0.1) is 12.4 Å². The largest absolute Gasteiger partial charge is 0.497 e. The number of likely N-dealkylation sites (N-methyl/N-ethyl adjacent to an activating group) is 1. The summed E-state index contributed by atoms with van der Waals surface area (Å²) in [5, 5.41) is 12.3. The molecule has 1 amide bonds. The molecule has 1 aliphatic carbocycles. The Bertz CT molecular complexity index is 944. The van der Waals surface area contributed by atoms with Gasteiger partial charge in [-0.05, 0) is 56.6 Å². The van der Waals surface area contributed by atoms with E-state index in [4.69, 9.17) is 14.6 Å². The maximum Gasteiger partial charge on any atom is 0.335 e. The molecule has 0 radical (unpaired) electrons. The molecule has 1 fully saturated rings. The molecule has 1 aliphatic rings. The second kappa shape index (κ2) is 12.6. The Balaban J connectivity index is 0.00000408. The molecule has 2 N–H and O–H groups in total. The molecule has 0 aromatic heterocycles. The van der Waals surface area contributed by atoms with Gasteiger partial charge >= 0.3 is 5.97 Å². The minimum absolute atomic E-state index is 0. The van der Waals surface area contributed by atoms with Crippen molar-refractivity contribution in [3.63, 3.8) is 0 Å². The molecule has 2 aromatic carbocycles. The number of hydrogen-bond acceptors (Lipinski definition) is 5. The number of carboxylic acid groups (broad SMARTS) is 1. The van der Waals surface area contributed by atoms with E-state index in [1.54, 1.807) is 31.4 Å². The summed E-state index contributed by atoms with van der Waals surface area (Å²) in [5.74, 6) is 0.538. The van der Waals surface area contributed by atoms with Gasteiger partial charge in [0, 0.05) is 12.6 Å². The third-order valence-electron chi connectivity index (χ3n) is 6.58. The van der Waals surface area contributed by atoms with Crippen molar-refractivity contribution in [1.82, 2.24) is 10.2 Å². The fourth-order valence-corrected chi connectivity index (χ4v) is 4.45. The van der Waals surface area contributed by atoms with Crippen LogP contribution in [0.4, 0.5) is 0 Å². The summed E-state index contributed by atoms with van der Waals surface area (Å²) in [4.78, 5) is 26.8. The first kappa shape index (κ1) is 27.5. The van der Waals surface area contributed by atoms with Crippen LogP contribution in [0, 0.1) is 0 Å². The molecule has 8 heteroatoms. The summed E-state index contributed by atoms with van der Waals surface area (Å²) in [6, 6.07) is 13.9. The number of amides is 1. The third kappa shape index (κ3) is 6.64. The standard InChI is InChI=1S/C26H34N2O5.ClH/c1-19(20-10-12-21(13-11-20)24(29)30)27-25(31)26(14-5-4-6-15-26)28(2)16-17-33-23-9-7-8-22(18-23)32-3;/h7-13,18-19H,4-6,14-17H2,1-3H3,(H,27,31)(H,29,30);1H/t19-;/m0./s1. The highest BCUT2D eigenvalue weighted by molar-refractivity contribution is 5.88. The molecule has 7 nitrogen and oxygen atoms in total. The van der Waals surface area contributed by atoms with Crippen LogP contribution in [-0.2, 0) is 4.79 Å². The number of ether oxygens (including phenoxy) is 2. The molecule has 34 heavy (non-hydrogen) atoms. The second-order valence-electron chi connectivity index (χ2n) is 8.66. The van der Waals surface area contributed by atoms with Gasteiger partial charge in [0.05, 0.1) is 18.7 Å². The Morgan fingerprint density at radius 2 is 1.74 bits per heavy atom. The van der Waals surface area contributed by atoms with Crippen molar-refractivity contribution in [1.29, 1.82) is 0 Å². The quantitative estimate of drug-likeness (QED) is 0.501. The van der Waals surface area contributed by atoms with E-state index >= 15 is 0 Å². The molecule has 1 atom stereocenters. The Kier molecular flexibility index (Phi) is 10.2. The zero-order valence-corrected chi connectivity index (χ0v) is 20.9. The van der Waals surface area contributed by atoms with E-state index in [-0.39, 0.29) is 29.9 Å². The first-order valence-corrected chi connectivity index (χ1v) is 11.5. The maximum atomic E-state index is 13.5. The van der Waals surface area contributed by atoms with E-state index < -0.39 is 11.5 Å². The van der Waals surface area contributed by atoms with Crippen LogP contribution < -0.4 is 14.8 Å². The number of aromatic carboxylic acids is 1. The van der Waals surface area contributed by atoms with Crippen LogP contribution in [0.15, 0.2) is 48.5 Å². The molecular weight excluding hydrogens is 456 g/mol. The Hall–Kier alpha value is -2.77.